The van der Waals surface area contributed by atoms with E-state index in [1.165, 1.54) is 19.3 Å². The number of nitrogens with one attached hydrogen (secondary N) is 1. The van der Waals surface area contributed by atoms with Crippen molar-refractivity contribution in [3.05, 3.63) is 35.4 Å². The normalized spacial score (nSPS) is 32.4. The van der Waals surface area contributed by atoms with Gasteiger partial charge in [-0.3, -0.25) is 4.79 Å². The SMILES string of the molecule is CCCOC(=O)c1ccc(C(=O)NC23CC4CC(CC(C4)C2)C3)cc1. The highest BCUT2D eigenvalue weighted by molar-refractivity contribution is 5.96. The molecule has 4 aliphatic carbocycles. The summed E-state index contributed by atoms with van der Waals surface area (Å²) in [5, 5.41) is 3.37. The van der Waals surface area contributed by atoms with Gasteiger partial charge in [-0.15, -0.1) is 0 Å². The molecular formula is C21H27NO3. The number of carbonyl (C=O) groups is 2. The Morgan fingerprint density at radius 3 is 2.04 bits per heavy atom. The average Bonchev–Trinajstić information content (AvgIpc) is 2.58. The van der Waals surface area contributed by atoms with E-state index in [9.17, 15) is 9.59 Å². The monoisotopic (exact) mass is 341 g/mol. The Balaban J connectivity index is 1.42. The number of ether oxygens (including phenoxy) is 1. The van der Waals surface area contributed by atoms with E-state index in [4.69, 9.17) is 4.74 Å². The minimum atomic E-state index is -0.324. The Morgan fingerprint density at radius 1 is 1.00 bits per heavy atom. The van der Waals surface area contributed by atoms with Gasteiger partial charge in [-0.25, -0.2) is 4.79 Å². The van der Waals surface area contributed by atoms with E-state index in [1.807, 2.05) is 6.92 Å². The first-order valence-corrected chi connectivity index (χ1v) is 9.66. The molecule has 0 saturated heterocycles. The molecule has 0 radical (unpaired) electrons. The van der Waals surface area contributed by atoms with Crippen molar-refractivity contribution in [3.63, 3.8) is 0 Å². The van der Waals surface area contributed by atoms with Crippen molar-refractivity contribution in [1.29, 1.82) is 0 Å². The van der Waals surface area contributed by atoms with Crippen molar-refractivity contribution in [3.8, 4) is 0 Å². The van der Waals surface area contributed by atoms with Crippen molar-refractivity contribution in [2.24, 2.45) is 17.8 Å². The predicted octanol–water partition coefficient (Wildman–Crippen LogP) is 3.95. The molecule has 0 aliphatic heterocycles. The molecule has 1 aromatic carbocycles. The first-order chi connectivity index (χ1) is 12.1. The first kappa shape index (κ1) is 16.6. The Bertz CT molecular complexity index is 629. The molecule has 4 heteroatoms. The minimum absolute atomic E-state index is 0.00424. The maximum absolute atomic E-state index is 12.8. The highest BCUT2D eigenvalue weighted by Crippen LogP contribution is 2.55. The Hall–Kier alpha value is -1.84. The van der Waals surface area contributed by atoms with Crippen LogP contribution in [0.4, 0.5) is 0 Å². The lowest BCUT2D eigenvalue weighted by atomic mass is 9.53. The largest absolute Gasteiger partial charge is 0.462 e. The second-order valence-corrected chi connectivity index (χ2v) is 8.37. The van der Waals surface area contributed by atoms with Gasteiger partial charge in [0.05, 0.1) is 12.2 Å². The van der Waals surface area contributed by atoms with E-state index < -0.39 is 0 Å². The quantitative estimate of drug-likeness (QED) is 0.825. The van der Waals surface area contributed by atoms with E-state index in [0.717, 1.165) is 43.4 Å². The van der Waals surface area contributed by atoms with Crippen LogP contribution in [0.3, 0.4) is 0 Å². The zero-order chi connectivity index (χ0) is 17.4. The number of benzene rings is 1. The summed E-state index contributed by atoms with van der Waals surface area (Å²) >= 11 is 0. The maximum atomic E-state index is 12.8. The summed E-state index contributed by atoms with van der Waals surface area (Å²) in [7, 11) is 0. The van der Waals surface area contributed by atoms with Gasteiger partial charge in [-0.2, -0.15) is 0 Å². The van der Waals surface area contributed by atoms with Crippen molar-refractivity contribution in [1.82, 2.24) is 5.32 Å². The minimum Gasteiger partial charge on any atom is -0.462 e. The van der Waals surface area contributed by atoms with Crippen LogP contribution in [0.5, 0.6) is 0 Å². The van der Waals surface area contributed by atoms with Gasteiger partial charge in [0.25, 0.3) is 5.91 Å². The number of hydrogen-bond donors (Lipinski definition) is 1. The third kappa shape index (κ3) is 3.31. The highest BCUT2D eigenvalue weighted by Gasteiger charge is 2.51. The Kier molecular flexibility index (Phi) is 4.30. The fourth-order valence-electron chi connectivity index (χ4n) is 5.61. The average molecular weight is 341 g/mol. The molecule has 0 aromatic heterocycles. The molecule has 4 nitrogen and oxygen atoms in total. The molecule has 25 heavy (non-hydrogen) atoms. The highest BCUT2D eigenvalue weighted by atomic mass is 16.5. The molecule has 0 atom stereocenters. The fourth-order valence-corrected chi connectivity index (χ4v) is 5.61. The van der Waals surface area contributed by atoms with Crippen molar-refractivity contribution in [2.75, 3.05) is 6.61 Å². The van der Waals surface area contributed by atoms with Crippen LogP contribution in [-0.4, -0.2) is 24.0 Å². The summed E-state index contributed by atoms with van der Waals surface area (Å²) in [4.78, 5) is 24.6. The van der Waals surface area contributed by atoms with Crippen molar-refractivity contribution >= 4 is 11.9 Å². The molecule has 134 valence electrons. The zero-order valence-corrected chi connectivity index (χ0v) is 14.9. The topological polar surface area (TPSA) is 55.4 Å². The van der Waals surface area contributed by atoms with Gasteiger partial charge in [-0.05, 0) is 87.0 Å². The third-order valence-corrected chi connectivity index (χ3v) is 6.24. The first-order valence-electron chi connectivity index (χ1n) is 9.66. The molecule has 0 heterocycles. The molecule has 0 unspecified atom stereocenters. The van der Waals surface area contributed by atoms with Gasteiger partial charge in [-0.1, -0.05) is 6.92 Å². The molecule has 1 N–H and O–H groups in total. The summed E-state index contributed by atoms with van der Waals surface area (Å²) in [5.74, 6) is 2.09. The third-order valence-electron chi connectivity index (χ3n) is 6.24. The van der Waals surface area contributed by atoms with Crippen LogP contribution in [0.25, 0.3) is 0 Å². The smallest absolute Gasteiger partial charge is 0.338 e. The molecule has 0 spiro atoms. The molecule has 1 aromatic rings. The second-order valence-electron chi connectivity index (χ2n) is 8.37. The van der Waals surface area contributed by atoms with Gasteiger partial charge in [0.15, 0.2) is 0 Å². The molecule has 4 bridgehead atoms. The molecule has 4 aliphatic rings. The molecule has 4 fully saturated rings. The van der Waals surface area contributed by atoms with Crippen LogP contribution in [0, 0.1) is 17.8 Å². The van der Waals surface area contributed by atoms with Gasteiger partial charge in [0.1, 0.15) is 0 Å². The summed E-state index contributed by atoms with van der Waals surface area (Å²) in [6.45, 7) is 2.39. The summed E-state index contributed by atoms with van der Waals surface area (Å²) in [5.41, 5.74) is 1.15. The summed E-state index contributed by atoms with van der Waals surface area (Å²) in [6, 6.07) is 6.84. The van der Waals surface area contributed by atoms with Crippen LogP contribution in [-0.2, 0) is 4.74 Å². The molecule has 5 rings (SSSR count). The summed E-state index contributed by atoms with van der Waals surface area (Å²) < 4.78 is 5.13. The number of carbonyl (C=O) groups excluding carboxylic acids is 2. The zero-order valence-electron chi connectivity index (χ0n) is 14.9. The van der Waals surface area contributed by atoms with E-state index in [2.05, 4.69) is 5.32 Å². The maximum Gasteiger partial charge on any atom is 0.338 e. The number of esters is 1. The lowest BCUT2D eigenvalue weighted by Gasteiger charge is -2.56. The van der Waals surface area contributed by atoms with E-state index in [0.29, 0.717) is 17.7 Å². The van der Waals surface area contributed by atoms with Gasteiger partial charge < -0.3 is 10.1 Å². The molecular weight excluding hydrogens is 314 g/mol. The standard InChI is InChI=1S/C21H27NO3/c1-2-7-25-20(24)18-5-3-17(4-6-18)19(23)22-21-11-14-8-15(12-21)10-16(9-14)13-21/h3-6,14-16H,2,7-13H2,1H3,(H,22,23). The second kappa shape index (κ2) is 6.47. The van der Waals surface area contributed by atoms with Gasteiger partial charge >= 0.3 is 5.97 Å². The van der Waals surface area contributed by atoms with Gasteiger partial charge in [0, 0.05) is 11.1 Å². The van der Waals surface area contributed by atoms with E-state index >= 15 is 0 Å². The predicted molar refractivity (Wildman–Crippen MR) is 95.4 cm³/mol. The number of amides is 1. The van der Waals surface area contributed by atoms with Crippen molar-refractivity contribution in [2.45, 2.75) is 57.4 Å². The Labute approximate surface area is 149 Å². The number of hydrogen-bond acceptors (Lipinski definition) is 3. The van der Waals surface area contributed by atoms with Crippen molar-refractivity contribution < 1.29 is 14.3 Å². The lowest BCUT2D eigenvalue weighted by molar-refractivity contribution is -0.0167. The summed E-state index contributed by atoms with van der Waals surface area (Å²) in [6.07, 6.45) is 8.33. The molecule has 1 amide bonds. The van der Waals surface area contributed by atoms with Crippen LogP contribution in [0.15, 0.2) is 24.3 Å². The van der Waals surface area contributed by atoms with Crippen LogP contribution >= 0.6 is 0 Å². The van der Waals surface area contributed by atoms with Gasteiger partial charge in [0.2, 0.25) is 0 Å². The van der Waals surface area contributed by atoms with E-state index in [-0.39, 0.29) is 17.4 Å². The van der Waals surface area contributed by atoms with Crippen LogP contribution in [0.1, 0.15) is 72.6 Å². The number of rotatable bonds is 5. The molecule has 4 saturated carbocycles. The van der Waals surface area contributed by atoms with Crippen LogP contribution < -0.4 is 5.32 Å². The lowest BCUT2D eigenvalue weighted by Crippen LogP contribution is -2.59. The van der Waals surface area contributed by atoms with E-state index in [1.54, 1.807) is 24.3 Å². The van der Waals surface area contributed by atoms with Crippen LogP contribution in [0.2, 0.25) is 0 Å². The fraction of sp³-hybridized carbons (Fsp3) is 0.619. The Morgan fingerprint density at radius 2 is 1.52 bits per heavy atom.